The van der Waals surface area contributed by atoms with Crippen LogP contribution < -0.4 is 25.3 Å². The van der Waals surface area contributed by atoms with Crippen molar-refractivity contribution in [2.45, 2.75) is 30.8 Å². The topological polar surface area (TPSA) is 153 Å². The molecule has 0 saturated carbocycles. The zero-order chi connectivity index (χ0) is 33.4. The summed E-state index contributed by atoms with van der Waals surface area (Å²) in [7, 11) is -2.69. The summed E-state index contributed by atoms with van der Waals surface area (Å²) < 4.78 is 42.4. The molecule has 0 aliphatic carbocycles. The molecule has 13 nitrogen and oxygen atoms in total. The highest BCUT2D eigenvalue weighted by molar-refractivity contribution is 7.92. The zero-order valence-electron chi connectivity index (χ0n) is 26.0. The highest BCUT2D eigenvalue weighted by atomic mass is 32.2. The fraction of sp³-hybridized carbons (Fsp3) is 0.273. The number of amides is 2. The third kappa shape index (κ3) is 7.96. The van der Waals surface area contributed by atoms with Gasteiger partial charge >= 0.3 is 0 Å². The number of anilines is 1. The third-order valence-electron chi connectivity index (χ3n) is 7.60. The fourth-order valence-corrected chi connectivity index (χ4v) is 6.57. The Morgan fingerprint density at radius 2 is 1.70 bits per heavy atom. The normalized spacial score (nSPS) is 14.6. The second kappa shape index (κ2) is 14.9. The van der Waals surface area contributed by atoms with Crippen molar-refractivity contribution in [1.29, 1.82) is 0 Å². The second-order valence-corrected chi connectivity index (χ2v) is 12.7. The van der Waals surface area contributed by atoms with E-state index in [9.17, 15) is 22.8 Å². The number of aromatic nitrogens is 2. The predicted octanol–water partition coefficient (Wildman–Crippen LogP) is 2.50. The van der Waals surface area contributed by atoms with Crippen LogP contribution in [0.1, 0.15) is 24.1 Å². The first-order chi connectivity index (χ1) is 22.6. The maximum Gasteiger partial charge on any atom is 0.296 e. The minimum absolute atomic E-state index is 0.0486. The molecule has 2 heterocycles. The summed E-state index contributed by atoms with van der Waals surface area (Å²) in [6.45, 7) is 1.94. The number of ether oxygens (including phenoxy) is 2. The lowest BCUT2D eigenvalue weighted by atomic mass is 10.2. The van der Waals surface area contributed by atoms with Crippen LogP contribution in [0.4, 0.5) is 5.69 Å². The fourth-order valence-electron chi connectivity index (χ4n) is 5.07. The molecule has 1 aliphatic heterocycles. The average molecular weight is 661 g/mol. The second-order valence-electron chi connectivity index (χ2n) is 10.8. The molecule has 1 aromatic heterocycles. The molecule has 1 saturated heterocycles. The third-order valence-corrected chi connectivity index (χ3v) is 9.36. The Labute approximate surface area is 272 Å². The number of sulfonamides is 1. The van der Waals surface area contributed by atoms with Crippen molar-refractivity contribution in [2.24, 2.45) is 12.1 Å². The number of benzene rings is 3. The number of hydrazone groups is 1. The summed E-state index contributed by atoms with van der Waals surface area (Å²) in [4.78, 5) is 38.8. The van der Waals surface area contributed by atoms with Gasteiger partial charge in [0.05, 0.1) is 28.6 Å². The average Bonchev–Trinajstić information content (AvgIpc) is 3.68. The number of rotatable bonds is 13. The quantitative estimate of drug-likeness (QED) is 0.165. The minimum Gasteiger partial charge on any atom is -0.484 e. The molecule has 5 rings (SSSR count). The van der Waals surface area contributed by atoms with Crippen LogP contribution in [0.3, 0.4) is 0 Å². The van der Waals surface area contributed by atoms with Gasteiger partial charge in [-0.1, -0.05) is 36.4 Å². The van der Waals surface area contributed by atoms with E-state index in [1.165, 1.54) is 23.0 Å². The molecule has 2 amide bonds. The molecule has 1 aliphatic rings. The van der Waals surface area contributed by atoms with Crippen molar-refractivity contribution in [3.8, 4) is 11.4 Å². The lowest BCUT2D eigenvalue weighted by Gasteiger charge is -2.22. The standard InChI is InChI=1S/C33H36N6O7S/c1-24-32(33(42)39(37(24)2)26-10-5-3-6-11-26)38(47(43,44)29-13-7-4-8-14-29)22-30(40)36-35-20-25-15-17-27(18-16-25)46-23-31(41)34-21-28-12-9-19-45-28/h3-8,10-11,13-18,20,28H,9,12,19,21-23H2,1-2H3,(H,34,41)(H,36,40)/b35-20-/t28-/m0/s1. The summed E-state index contributed by atoms with van der Waals surface area (Å²) >= 11 is 0. The first-order valence-electron chi connectivity index (χ1n) is 15.0. The van der Waals surface area contributed by atoms with Crippen LogP contribution in [-0.4, -0.2) is 68.2 Å². The molecular formula is C33H36N6O7S. The summed E-state index contributed by atoms with van der Waals surface area (Å²) in [5, 5.41) is 6.77. The Balaban J connectivity index is 1.27. The van der Waals surface area contributed by atoms with Gasteiger partial charge in [0, 0.05) is 20.2 Å². The molecule has 0 unspecified atom stereocenters. The zero-order valence-corrected chi connectivity index (χ0v) is 26.9. The van der Waals surface area contributed by atoms with Crippen molar-refractivity contribution < 1.29 is 27.5 Å². The van der Waals surface area contributed by atoms with Crippen LogP contribution in [0, 0.1) is 6.92 Å². The van der Waals surface area contributed by atoms with E-state index in [2.05, 4.69) is 15.8 Å². The summed E-state index contributed by atoms with van der Waals surface area (Å²) in [5.41, 5.74) is 3.09. The molecule has 1 fully saturated rings. The number of nitrogens with one attached hydrogen (secondary N) is 2. The van der Waals surface area contributed by atoms with Crippen molar-refractivity contribution in [1.82, 2.24) is 20.1 Å². The van der Waals surface area contributed by atoms with Crippen LogP contribution in [0.2, 0.25) is 0 Å². The van der Waals surface area contributed by atoms with Gasteiger partial charge in [0.1, 0.15) is 18.0 Å². The predicted molar refractivity (Wildman–Crippen MR) is 176 cm³/mol. The molecule has 0 bridgehead atoms. The Kier molecular flexibility index (Phi) is 10.5. The summed E-state index contributed by atoms with van der Waals surface area (Å²) in [5.74, 6) is -0.537. The van der Waals surface area contributed by atoms with E-state index in [0.29, 0.717) is 29.2 Å². The van der Waals surface area contributed by atoms with Crippen molar-refractivity contribution >= 4 is 33.7 Å². The van der Waals surface area contributed by atoms with Gasteiger partial charge in [-0.15, -0.1) is 0 Å². The van der Waals surface area contributed by atoms with Gasteiger partial charge in [-0.25, -0.2) is 22.8 Å². The number of hydrogen-bond acceptors (Lipinski definition) is 8. The van der Waals surface area contributed by atoms with E-state index in [1.54, 1.807) is 91.4 Å². The van der Waals surface area contributed by atoms with Gasteiger partial charge < -0.3 is 14.8 Å². The maximum absolute atomic E-state index is 13.9. The Morgan fingerprint density at radius 3 is 2.36 bits per heavy atom. The van der Waals surface area contributed by atoms with E-state index in [-0.39, 0.29) is 29.2 Å². The van der Waals surface area contributed by atoms with Crippen LogP contribution in [-0.2, 0) is 31.4 Å². The molecule has 0 spiro atoms. The first kappa shape index (κ1) is 33.2. The molecule has 1 atom stereocenters. The molecule has 0 radical (unpaired) electrons. The number of carbonyl (C=O) groups excluding carboxylic acids is 2. The van der Waals surface area contributed by atoms with E-state index in [4.69, 9.17) is 9.47 Å². The number of para-hydroxylation sites is 1. The highest BCUT2D eigenvalue weighted by Crippen LogP contribution is 2.25. The van der Waals surface area contributed by atoms with Gasteiger partial charge in [0.25, 0.3) is 27.4 Å². The first-order valence-corrected chi connectivity index (χ1v) is 16.4. The highest BCUT2D eigenvalue weighted by Gasteiger charge is 2.33. The SMILES string of the molecule is Cc1c(N(CC(=O)N/N=C\c2ccc(OCC(=O)NC[C@@H]3CCCO3)cc2)S(=O)(=O)c2ccccc2)c(=O)n(-c2ccccc2)n1C. The Bertz CT molecular complexity index is 1880. The van der Waals surface area contributed by atoms with Gasteiger partial charge in [-0.3, -0.25) is 19.1 Å². The minimum atomic E-state index is -4.34. The largest absolute Gasteiger partial charge is 0.484 e. The molecule has 246 valence electrons. The van der Waals surface area contributed by atoms with Crippen molar-refractivity contribution in [2.75, 3.05) is 30.6 Å². The van der Waals surface area contributed by atoms with Crippen LogP contribution >= 0.6 is 0 Å². The number of nitrogens with zero attached hydrogens (tertiary/aromatic N) is 4. The monoisotopic (exact) mass is 660 g/mol. The lowest BCUT2D eigenvalue weighted by molar-refractivity contribution is -0.123. The molecule has 14 heteroatoms. The van der Waals surface area contributed by atoms with Crippen LogP contribution in [0.25, 0.3) is 5.69 Å². The van der Waals surface area contributed by atoms with Gasteiger partial charge in [-0.2, -0.15) is 5.10 Å². The maximum atomic E-state index is 13.9. The Morgan fingerprint density at radius 1 is 1.02 bits per heavy atom. The summed E-state index contributed by atoms with van der Waals surface area (Å²) in [6.07, 6.45) is 3.35. The van der Waals surface area contributed by atoms with E-state index in [1.807, 2.05) is 0 Å². The molecular weight excluding hydrogens is 624 g/mol. The van der Waals surface area contributed by atoms with Crippen LogP contribution in [0.5, 0.6) is 5.75 Å². The molecule has 2 N–H and O–H groups in total. The molecule has 4 aromatic rings. The van der Waals surface area contributed by atoms with Gasteiger partial charge in [-0.05, 0) is 73.9 Å². The molecule has 47 heavy (non-hydrogen) atoms. The van der Waals surface area contributed by atoms with Gasteiger partial charge in [0.15, 0.2) is 6.61 Å². The molecule has 3 aromatic carbocycles. The van der Waals surface area contributed by atoms with E-state index >= 15 is 0 Å². The van der Waals surface area contributed by atoms with Gasteiger partial charge in [0.2, 0.25) is 0 Å². The van der Waals surface area contributed by atoms with Crippen LogP contribution in [0.15, 0.2) is 99.7 Å². The number of hydrogen-bond donors (Lipinski definition) is 2. The smallest absolute Gasteiger partial charge is 0.296 e. The van der Waals surface area contributed by atoms with Crippen molar-refractivity contribution in [3.63, 3.8) is 0 Å². The van der Waals surface area contributed by atoms with E-state index < -0.39 is 28.0 Å². The van der Waals surface area contributed by atoms with Crippen molar-refractivity contribution in [3.05, 3.63) is 107 Å². The Hall–Kier alpha value is -5.21. The summed E-state index contributed by atoms with van der Waals surface area (Å²) in [6, 6.07) is 23.1. The van der Waals surface area contributed by atoms with E-state index in [0.717, 1.165) is 23.8 Å². The number of carbonyl (C=O) groups is 2. The lowest BCUT2D eigenvalue weighted by Crippen LogP contribution is -2.42.